The van der Waals surface area contributed by atoms with Crippen LogP contribution in [0.15, 0.2) is 24.3 Å². The quantitative estimate of drug-likeness (QED) is 0.397. The van der Waals surface area contributed by atoms with Crippen molar-refractivity contribution in [3.63, 3.8) is 0 Å². The molecule has 0 aromatic carbocycles. The predicted octanol–water partition coefficient (Wildman–Crippen LogP) is 4.09. The van der Waals surface area contributed by atoms with E-state index in [0.29, 0.717) is 0 Å². The van der Waals surface area contributed by atoms with Gasteiger partial charge in [0.15, 0.2) is 0 Å². The van der Waals surface area contributed by atoms with Crippen molar-refractivity contribution in [2.45, 2.75) is 46.0 Å². The molecule has 0 nitrogen and oxygen atoms in total. The Morgan fingerprint density at radius 1 is 1.36 bits per heavy atom. The lowest BCUT2D eigenvalue weighted by atomic mass is 10.0. The van der Waals surface area contributed by atoms with Crippen LogP contribution in [0, 0.1) is 0 Å². The summed E-state index contributed by atoms with van der Waals surface area (Å²) in [5.74, 6) is 0. The van der Waals surface area contributed by atoms with E-state index in [1.165, 1.54) is 25.7 Å². The van der Waals surface area contributed by atoms with Crippen LogP contribution in [0.1, 0.15) is 46.0 Å². The second kappa shape index (κ2) is 7.59. The average molecular weight is 152 g/mol. The molecule has 0 rings (SSSR count). The first-order valence-corrected chi connectivity index (χ1v) is 4.60. The van der Waals surface area contributed by atoms with E-state index in [-0.39, 0.29) is 0 Å². The smallest absolute Gasteiger partial charge is 0.0317 e. The van der Waals surface area contributed by atoms with Crippen LogP contribution in [0.2, 0.25) is 0 Å². The fourth-order valence-corrected chi connectivity index (χ4v) is 1.21. The summed E-state index contributed by atoms with van der Waals surface area (Å²) < 4.78 is 0. The monoisotopic (exact) mass is 152 g/mol. The van der Waals surface area contributed by atoms with Gasteiger partial charge in [0, 0.05) is 0 Å². The zero-order valence-corrected chi connectivity index (χ0v) is 7.90. The largest absolute Gasteiger partial charge is 0.103 e. The molecule has 11 heavy (non-hydrogen) atoms. The van der Waals surface area contributed by atoms with Crippen LogP contribution in [0.5, 0.6) is 0 Å². The van der Waals surface area contributed by atoms with Gasteiger partial charge in [-0.15, -0.1) is 6.58 Å². The molecule has 0 aliphatic rings. The summed E-state index contributed by atoms with van der Waals surface area (Å²) in [5.41, 5.74) is 1.61. The maximum absolute atomic E-state index is 3.71. The van der Waals surface area contributed by atoms with Crippen LogP contribution >= 0.6 is 0 Å². The van der Waals surface area contributed by atoms with Crippen LogP contribution in [-0.2, 0) is 0 Å². The minimum absolute atomic E-state index is 1.15. The molecule has 0 saturated heterocycles. The summed E-state index contributed by atoms with van der Waals surface area (Å²) in [6, 6.07) is 0. The zero-order valence-electron chi connectivity index (χ0n) is 7.90. The van der Waals surface area contributed by atoms with Gasteiger partial charge in [0.25, 0.3) is 0 Å². The minimum atomic E-state index is 1.15. The van der Waals surface area contributed by atoms with Crippen molar-refractivity contribution in [1.82, 2.24) is 0 Å². The Morgan fingerprint density at radius 3 is 2.55 bits per heavy atom. The number of hydrogen-bond donors (Lipinski definition) is 0. The number of hydrogen-bond acceptors (Lipinski definition) is 0. The molecular weight excluding hydrogens is 132 g/mol. The maximum Gasteiger partial charge on any atom is -0.0317 e. The standard InChI is InChI=1S/C11H20/c1-4-7-8-10-11(6-3)9-5-2/h4,6H,1,5,7-10H2,2-3H3/b11-6+. The summed E-state index contributed by atoms with van der Waals surface area (Å²) in [6.45, 7) is 8.08. The highest BCUT2D eigenvalue weighted by Gasteiger charge is 1.92. The van der Waals surface area contributed by atoms with Crippen molar-refractivity contribution >= 4 is 0 Å². The van der Waals surface area contributed by atoms with Crippen LogP contribution in [0.4, 0.5) is 0 Å². The molecule has 0 atom stereocenters. The van der Waals surface area contributed by atoms with Crippen molar-refractivity contribution in [3.05, 3.63) is 24.3 Å². The molecule has 0 aromatic rings. The zero-order chi connectivity index (χ0) is 8.53. The molecule has 0 heterocycles. The number of rotatable bonds is 6. The Morgan fingerprint density at radius 2 is 2.09 bits per heavy atom. The molecule has 0 heteroatoms. The van der Waals surface area contributed by atoms with Gasteiger partial charge < -0.3 is 0 Å². The molecule has 0 unspecified atom stereocenters. The third-order valence-corrected chi connectivity index (χ3v) is 1.89. The Kier molecular flexibility index (Phi) is 7.23. The minimum Gasteiger partial charge on any atom is -0.103 e. The van der Waals surface area contributed by atoms with Crippen molar-refractivity contribution in [1.29, 1.82) is 0 Å². The van der Waals surface area contributed by atoms with Crippen molar-refractivity contribution < 1.29 is 0 Å². The summed E-state index contributed by atoms with van der Waals surface area (Å²) in [6.07, 6.45) is 10.5. The van der Waals surface area contributed by atoms with Crippen LogP contribution in [0.25, 0.3) is 0 Å². The van der Waals surface area contributed by atoms with Gasteiger partial charge in [0.1, 0.15) is 0 Å². The van der Waals surface area contributed by atoms with Gasteiger partial charge in [-0.2, -0.15) is 0 Å². The molecule has 0 saturated carbocycles. The molecule has 0 bridgehead atoms. The van der Waals surface area contributed by atoms with E-state index in [2.05, 4.69) is 26.5 Å². The van der Waals surface area contributed by atoms with E-state index < -0.39 is 0 Å². The lowest BCUT2D eigenvalue weighted by Gasteiger charge is -2.02. The highest BCUT2D eigenvalue weighted by Crippen LogP contribution is 2.12. The van der Waals surface area contributed by atoms with Crippen molar-refractivity contribution in [3.8, 4) is 0 Å². The average Bonchev–Trinajstić information content (AvgIpc) is 2.03. The summed E-state index contributed by atoms with van der Waals surface area (Å²) in [7, 11) is 0. The van der Waals surface area contributed by atoms with Gasteiger partial charge in [0.05, 0.1) is 0 Å². The molecular formula is C11H20. The summed E-state index contributed by atoms with van der Waals surface area (Å²) in [4.78, 5) is 0. The highest BCUT2D eigenvalue weighted by atomic mass is 14.0. The van der Waals surface area contributed by atoms with Gasteiger partial charge in [-0.25, -0.2) is 0 Å². The third kappa shape index (κ3) is 5.90. The van der Waals surface area contributed by atoms with E-state index in [1.54, 1.807) is 5.57 Å². The first-order chi connectivity index (χ1) is 5.35. The highest BCUT2D eigenvalue weighted by molar-refractivity contribution is 4.99. The van der Waals surface area contributed by atoms with Gasteiger partial charge in [-0.05, 0) is 32.6 Å². The normalized spacial score (nSPS) is 11.6. The Hall–Kier alpha value is -0.520. The lowest BCUT2D eigenvalue weighted by molar-refractivity contribution is 0.768. The Labute approximate surface area is 71.0 Å². The predicted molar refractivity (Wildman–Crippen MR) is 52.7 cm³/mol. The SMILES string of the molecule is C=CCCC/C(=C/C)CCC. The molecule has 0 fully saturated rings. The second-order valence-electron chi connectivity index (χ2n) is 2.88. The van der Waals surface area contributed by atoms with E-state index >= 15 is 0 Å². The van der Waals surface area contributed by atoms with Gasteiger partial charge in [-0.3, -0.25) is 0 Å². The maximum atomic E-state index is 3.71. The molecule has 0 aromatic heterocycles. The van der Waals surface area contributed by atoms with Crippen LogP contribution < -0.4 is 0 Å². The van der Waals surface area contributed by atoms with Crippen LogP contribution in [-0.4, -0.2) is 0 Å². The molecule has 0 N–H and O–H groups in total. The fourth-order valence-electron chi connectivity index (χ4n) is 1.21. The van der Waals surface area contributed by atoms with Gasteiger partial charge in [0.2, 0.25) is 0 Å². The number of unbranched alkanes of at least 4 members (excludes halogenated alkanes) is 1. The van der Waals surface area contributed by atoms with Gasteiger partial charge >= 0.3 is 0 Å². The Bertz CT molecular complexity index is 120. The molecule has 0 spiro atoms. The summed E-state index contributed by atoms with van der Waals surface area (Å²) >= 11 is 0. The van der Waals surface area contributed by atoms with Crippen molar-refractivity contribution in [2.24, 2.45) is 0 Å². The Balaban J connectivity index is 3.44. The first-order valence-electron chi connectivity index (χ1n) is 4.60. The molecule has 0 aliphatic heterocycles. The van der Waals surface area contributed by atoms with E-state index in [4.69, 9.17) is 0 Å². The fraction of sp³-hybridized carbons (Fsp3) is 0.636. The molecule has 64 valence electrons. The lowest BCUT2D eigenvalue weighted by Crippen LogP contribution is -1.82. The number of allylic oxidation sites excluding steroid dienone is 3. The van der Waals surface area contributed by atoms with Gasteiger partial charge in [-0.1, -0.05) is 31.1 Å². The molecule has 0 radical (unpaired) electrons. The first kappa shape index (κ1) is 10.5. The van der Waals surface area contributed by atoms with E-state index in [9.17, 15) is 0 Å². The van der Waals surface area contributed by atoms with E-state index in [1.807, 2.05) is 6.08 Å². The second-order valence-corrected chi connectivity index (χ2v) is 2.88. The van der Waals surface area contributed by atoms with Crippen LogP contribution in [0.3, 0.4) is 0 Å². The van der Waals surface area contributed by atoms with Crippen molar-refractivity contribution in [2.75, 3.05) is 0 Å². The summed E-state index contributed by atoms with van der Waals surface area (Å²) in [5, 5.41) is 0. The van der Waals surface area contributed by atoms with E-state index in [0.717, 1.165) is 6.42 Å². The topological polar surface area (TPSA) is 0 Å². The third-order valence-electron chi connectivity index (χ3n) is 1.89. The molecule has 0 amide bonds. The molecule has 0 aliphatic carbocycles.